The summed E-state index contributed by atoms with van der Waals surface area (Å²) in [4.78, 5) is 7.54. The van der Waals surface area contributed by atoms with Crippen LogP contribution in [0.15, 0.2) is 6.20 Å². The molecule has 1 heterocycles. The highest BCUT2D eigenvalue weighted by molar-refractivity contribution is 5.46. The fourth-order valence-electron chi connectivity index (χ4n) is 1.16. The van der Waals surface area contributed by atoms with Crippen LogP contribution >= 0.6 is 0 Å². The Bertz CT molecular complexity index is 321. The summed E-state index contributed by atoms with van der Waals surface area (Å²) in [6.07, 6.45) is 2.94. The number of aromatic nitrogens is 2. The molecule has 0 aliphatic heterocycles. The lowest BCUT2D eigenvalue weighted by Gasteiger charge is -2.09. The normalized spacial score (nSPS) is 19.1. The second-order valence-corrected chi connectivity index (χ2v) is 3.06. The van der Waals surface area contributed by atoms with E-state index in [9.17, 15) is 5.11 Å². The lowest BCUT2D eigenvalue weighted by atomic mass is 10.1. The Morgan fingerprint density at radius 1 is 1.42 bits per heavy atom. The summed E-state index contributed by atoms with van der Waals surface area (Å²) in [7, 11) is 0. The molecule has 1 aliphatic rings. The van der Waals surface area contributed by atoms with Gasteiger partial charge in [0.05, 0.1) is 5.60 Å². The lowest BCUT2D eigenvalue weighted by Crippen LogP contribution is -2.11. The van der Waals surface area contributed by atoms with Crippen molar-refractivity contribution in [2.45, 2.75) is 18.4 Å². The van der Waals surface area contributed by atoms with Crippen molar-refractivity contribution in [3.05, 3.63) is 11.8 Å². The largest absolute Gasteiger partial charge is 0.385 e. The van der Waals surface area contributed by atoms with Crippen LogP contribution in [-0.2, 0) is 5.60 Å². The summed E-state index contributed by atoms with van der Waals surface area (Å²) in [5, 5.41) is 9.67. The molecular weight excluding hydrogens is 156 g/mol. The Kier molecular flexibility index (Phi) is 1.26. The number of rotatable bonds is 1. The fourth-order valence-corrected chi connectivity index (χ4v) is 1.16. The summed E-state index contributed by atoms with van der Waals surface area (Å²) in [5.74, 6) is 0.419. The van der Waals surface area contributed by atoms with Gasteiger partial charge in [0.2, 0.25) is 5.95 Å². The zero-order valence-electron chi connectivity index (χ0n) is 6.49. The van der Waals surface area contributed by atoms with Crippen molar-refractivity contribution < 1.29 is 5.11 Å². The Morgan fingerprint density at radius 3 is 2.58 bits per heavy atom. The van der Waals surface area contributed by atoms with Crippen molar-refractivity contribution in [1.29, 1.82) is 0 Å². The molecule has 0 radical (unpaired) electrons. The SMILES string of the molecule is Nc1ncc(C2(O)CC2)c(N)n1. The van der Waals surface area contributed by atoms with Gasteiger partial charge in [0.25, 0.3) is 0 Å². The summed E-state index contributed by atoms with van der Waals surface area (Å²) in [6, 6.07) is 0. The van der Waals surface area contributed by atoms with Crippen LogP contribution in [0.25, 0.3) is 0 Å². The Hall–Kier alpha value is -1.36. The van der Waals surface area contributed by atoms with E-state index < -0.39 is 5.60 Å². The van der Waals surface area contributed by atoms with Gasteiger partial charge in [-0.3, -0.25) is 0 Å². The molecule has 1 aromatic heterocycles. The van der Waals surface area contributed by atoms with Crippen LogP contribution in [0.2, 0.25) is 0 Å². The lowest BCUT2D eigenvalue weighted by molar-refractivity contribution is 0.151. The number of nitrogens with zero attached hydrogens (tertiary/aromatic N) is 2. The maximum absolute atomic E-state index is 9.67. The maximum Gasteiger partial charge on any atom is 0.221 e. The quantitative estimate of drug-likeness (QED) is 0.528. The fraction of sp³-hybridized carbons (Fsp3) is 0.429. The van der Waals surface area contributed by atoms with Crippen molar-refractivity contribution in [3.8, 4) is 0 Å². The molecule has 0 amide bonds. The van der Waals surface area contributed by atoms with E-state index in [2.05, 4.69) is 9.97 Å². The van der Waals surface area contributed by atoms with Gasteiger partial charge in [0.1, 0.15) is 5.82 Å². The first-order valence-corrected chi connectivity index (χ1v) is 3.73. The molecule has 5 nitrogen and oxygen atoms in total. The van der Waals surface area contributed by atoms with Gasteiger partial charge in [-0.2, -0.15) is 4.98 Å². The minimum atomic E-state index is -0.780. The van der Waals surface area contributed by atoms with E-state index in [1.807, 2.05) is 0 Å². The van der Waals surface area contributed by atoms with E-state index in [-0.39, 0.29) is 11.8 Å². The second-order valence-electron chi connectivity index (χ2n) is 3.06. The molecule has 0 bridgehead atoms. The first-order chi connectivity index (χ1) is 5.62. The Balaban J connectivity index is 2.45. The third kappa shape index (κ3) is 0.984. The molecule has 1 aliphatic carbocycles. The standard InChI is InChI=1S/C7H10N4O/c8-5-4(7(12)1-2-7)3-10-6(9)11-5/h3,12H,1-2H2,(H4,8,9,10,11). The predicted molar refractivity (Wildman–Crippen MR) is 44.0 cm³/mol. The molecule has 5 heteroatoms. The van der Waals surface area contributed by atoms with Crippen molar-refractivity contribution in [2.24, 2.45) is 0 Å². The zero-order chi connectivity index (χ0) is 8.77. The summed E-state index contributed by atoms with van der Waals surface area (Å²) < 4.78 is 0. The van der Waals surface area contributed by atoms with Gasteiger partial charge in [-0.25, -0.2) is 4.98 Å². The van der Waals surface area contributed by atoms with Crippen LogP contribution in [-0.4, -0.2) is 15.1 Å². The topological polar surface area (TPSA) is 98.0 Å². The summed E-state index contributed by atoms with van der Waals surface area (Å²) >= 11 is 0. The van der Waals surface area contributed by atoms with E-state index >= 15 is 0 Å². The molecule has 1 saturated carbocycles. The molecule has 0 spiro atoms. The zero-order valence-corrected chi connectivity index (χ0v) is 6.49. The van der Waals surface area contributed by atoms with Crippen LogP contribution in [0.1, 0.15) is 18.4 Å². The van der Waals surface area contributed by atoms with Crippen molar-refractivity contribution >= 4 is 11.8 Å². The molecule has 1 fully saturated rings. The molecule has 0 unspecified atom stereocenters. The van der Waals surface area contributed by atoms with Gasteiger partial charge in [-0.15, -0.1) is 0 Å². The van der Waals surface area contributed by atoms with E-state index in [4.69, 9.17) is 11.5 Å². The first kappa shape index (κ1) is 7.30. The van der Waals surface area contributed by atoms with Crippen LogP contribution in [0.5, 0.6) is 0 Å². The molecule has 5 N–H and O–H groups in total. The number of nitrogens with two attached hydrogens (primary N) is 2. The van der Waals surface area contributed by atoms with Crippen molar-refractivity contribution in [1.82, 2.24) is 9.97 Å². The van der Waals surface area contributed by atoms with Crippen LogP contribution in [0.4, 0.5) is 11.8 Å². The number of nitrogen functional groups attached to an aromatic ring is 2. The van der Waals surface area contributed by atoms with Gasteiger partial charge in [0, 0.05) is 11.8 Å². The molecule has 2 rings (SSSR count). The van der Waals surface area contributed by atoms with Crippen molar-refractivity contribution in [2.75, 3.05) is 11.5 Å². The maximum atomic E-state index is 9.67. The number of anilines is 2. The van der Waals surface area contributed by atoms with E-state index in [1.54, 1.807) is 0 Å². The molecule has 0 atom stereocenters. The van der Waals surface area contributed by atoms with Crippen LogP contribution < -0.4 is 11.5 Å². The third-order valence-electron chi connectivity index (χ3n) is 2.06. The molecular formula is C7H10N4O. The van der Waals surface area contributed by atoms with Crippen LogP contribution in [0, 0.1) is 0 Å². The molecule has 0 saturated heterocycles. The minimum Gasteiger partial charge on any atom is -0.385 e. The second kappa shape index (κ2) is 2.07. The molecule has 0 aromatic carbocycles. The van der Waals surface area contributed by atoms with Gasteiger partial charge < -0.3 is 16.6 Å². The first-order valence-electron chi connectivity index (χ1n) is 3.73. The molecule has 1 aromatic rings. The van der Waals surface area contributed by atoms with Gasteiger partial charge in [-0.05, 0) is 12.8 Å². The number of aliphatic hydroxyl groups is 1. The molecule has 64 valence electrons. The predicted octanol–water partition coefficient (Wildman–Crippen LogP) is -0.378. The monoisotopic (exact) mass is 166 g/mol. The summed E-state index contributed by atoms with van der Waals surface area (Å²) in [6.45, 7) is 0. The molecule has 12 heavy (non-hydrogen) atoms. The van der Waals surface area contributed by atoms with E-state index in [0.29, 0.717) is 5.56 Å². The smallest absolute Gasteiger partial charge is 0.221 e. The minimum absolute atomic E-state index is 0.139. The average molecular weight is 166 g/mol. The van der Waals surface area contributed by atoms with E-state index in [1.165, 1.54) is 6.20 Å². The van der Waals surface area contributed by atoms with Gasteiger partial charge in [-0.1, -0.05) is 0 Å². The average Bonchev–Trinajstić information content (AvgIpc) is 2.68. The Morgan fingerprint density at radius 2 is 2.08 bits per heavy atom. The third-order valence-corrected chi connectivity index (χ3v) is 2.06. The Labute approximate surface area is 69.4 Å². The number of hydrogen-bond donors (Lipinski definition) is 3. The van der Waals surface area contributed by atoms with Gasteiger partial charge in [0.15, 0.2) is 0 Å². The highest BCUT2D eigenvalue weighted by atomic mass is 16.3. The number of hydrogen-bond acceptors (Lipinski definition) is 5. The van der Waals surface area contributed by atoms with Gasteiger partial charge >= 0.3 is 0 Å². The van der Waals surface area contributed by atoms with E-state index in [0.717, 1.165) is 12.8 Å². The highest BCUT2D eigenvalue weighted by Crippen LogP contribution is 2.46. The van der Waals surface area contributed by atoms with Crippen molar-refractivity contribution in [3.63, 3.8) is 0 Å². The highest BCUT2D eigenvalue weighted by Gasteiger charge is 2.44. The summed E-state index contributed by atoms with van der Waals surface area (Å²) in [5.41, 5.74) is 10.7. The van der Waals surface area contributed by atoms with Crippen LogP contribution in [0.3, 0.4) is 0 Å².